The molecule has 1 atom stereocenters. The Hall–Kier alpha value is -1.36. The van der Waals surface area contributed by atoms with Gasteiger partial charge in [-0.05, 0) is 14.0 Å². The summed E-state index contributed by atoms with van der Waals surface area (Å²) >= 11 is 0. The van der Waals surface area contributed by atoms with Gasteiger partial charge in [0, 0.05) is 32.1 Å². The summed E-state index contributed by atoms with van der Waals surface area (Å²) in [4.78, 5) is 23.6. The van der Waals surface area contributed by atoms with Crippen molar-refractivity contribution in [1.82, 2.24) is 10.2 Å². The molecule has 0 bridgehead atoms. The number of carbonyl (C=O) groups excluding carboxylic acids is 1. The Labute approximate surface area is 96.1 Å². The molecule has 0 saturated carbocycles. The summed E-state index contributed by atoms with van der Waals surface area (Å²) in [6, 6.07) is 0. The topological polar surface area (TPSA) is 69.6 Å². The number of likely N-dealkylation sites (N-methyl/N-ethyl adjacent to an activating group) is 1. The Morgan fingerprint density at radius 3 is 2.50 bits per heavy atom. The van der Waals surface area contributed by atoms with Gasteiger partial charge in [-0.2, -0.15) is 0 Å². The molecule has 0 aromatic heterocycles. The second-order valence-corrected chi connectivity index (χ2v) is 4.04. The zero-order valence-corrected chi connectivity index (χ0v) is 10.3. The number of hydrogen-bond donors (Lipinski definition) is 2. The van der Waals surface area contributed by atoms with Crippen LogP contribution in [0.3, 0.4) is 0 Å². The first kappa shape index (κ1) is 14.6. The van der Waals surface area contributed by atoms with E-state index >= 15 is 0 Å². The van der Waals surface area contributed by atoms with Crippen molar-refractivity contribution in [2.45, 2.75) is 13.8 Å². The molecule has 0 rings (SSSR count). The lowest BCUT2D eigenvalue weighted by molar-refractivity contribution is -0.131. The predicted molar refractivity (Wildman–Crippen MR) is 62.1 cm³/mol. The molecule has 0 aromatic carbocycles. The SMILES string of the molecule is CNC(=O)C(C)CN(C)CC(C)=CC(=O)O. The maximum Gasteiger partial charge on any atom is 0.328 e. The molecule has 0 aliphatic carbocycles. The van der Waals surface area contributed by atoms with Gasteiger partial charge in [-0.1, -0.05) is 12.5 Å². The summed E-state index contributed by atoms with van der Waals surface area (Å²) in [5, 5.41) is 11.1. The molecule has 0 saturated heterocycles. The van der Waals surface area contributed by atoms with E-state index in [-0.39, 0.29) is 11.8 Å². The fraction of sp³-hybridized carbons (Fsp3) is 0.636. The molecule has 5 nitrogen and oxygen atoms in total. The standard InChI is InChI=1S/C11H20N2O3/c1-8(5-10(14)15)6-13(4)7-9(2)11(16)12-3/h5,9H,6-7H2,1-4H3,(H,12,16)(H,14,15). The number of carboxylic acids is 1. The molecule has 92 valence electrons. The molecular formula is C11H20N2O3. The average molecular weight is 228 g/mol. The molecule has 0 radical (unpaired) electrons. The average Bonchev–Trinajstić information content (AvgIpc) is 2.14. The predicted octanol–water partition coefficient (Wildman–Crippen LogP) is 0.331. The fourth-order valence-corrected chi connectivity index (χ4v) is 1.54. The van der Waals surface area contributed by atoms with Crippen LogP contribution in [0.1, 0.15) is 13.8 Å². The van der Waals surface area contributed by atoms with Gasteiger partial charge in [-0.25, -0.2) is 4.79 Å². The van der Waals surface area contributed by atoms with E-state index in [0.29, 0.717) is 13.1 Å². The quantitative estimate of drug-likeness (QED) is 0.643. The van der Waals surface area contributed by atoms with Crippen molar-refractivity contribution in [3.8, 4) is 0 Å². The van der Waals surface area contributed by atoms with E-state index in [1.54, 1.807) is 14.0 Å². The van der Waals surface area contributed by atoms with Gasteiger partial charge in [-0.15, -0.1) is 0 Å². The molecule has 0 spiro atoms. The molecule has 1 unspecified atom stereocenters. The Bertz CT molecular complexity index is 287. The molecule has 0 heterocycles. The van der Waals surface area contributed by atoms with Crippen molar-refractivity contribution in [2.24, 2.45) is 5.92 Å². The van der Waals surface area contributed by atoms with E-state index in [4.69, 9.17) is 5.11 Å². The lowest BCUT2D eigenvalue weighted by atomic mass is 10.1. The Morgan fingerprint density at radius 2 is 2.06 bits per heavy atom. The Morgan fingerprint density at radius 1 is 1.50 bits per heavy atom. The van der Waals surface area contributed by atoms with Crippen molar-refractivity contribution in [2.75, 3.05) is 27.2 Å². The number of hydrogen-bond acceptors (Lipinski definition) is 3. The van der Waals surface area contributed by atoms with Crippen molar-refractivity contribution in [1.29, 1.82) is 0 Å². The maximum atomic E-state index is 11.3. The maximum absolute atomic E-state index is 11.3. The Kier molecular flexibility index (Phi) is 6.41. The summed E-state index contributed by atoms with van der Waals surface area (Å²) in [5.74, 6) is -1.05. The highest BCUT2D eigenvalue weighted by atomic mass is 16.4. The van der Waals surface area contributed by atoms with Crippen LogP contribution in [-0.2, 0) is 9.59 Å². The summed E-state index contributed by atoms with van der Waals surface area (Å²) in [5.41, 5.74) is 0.763. The summed E-state index contributed by atoms with van der Waals surface area (Å²) < 4.78 is 0. The van der Waals surface area contributed by atoms with Crippen molar-refractivity contribution in [3.05, 3.63) is 11.6 Å². The van der Waals surface area contributed by atoms with E-state index < -0.39 is 5.97 Å². The fourth-order valence-electron chi connectivity index (χ4n) is 1.54. The number of nitrogens with one attached hydrogen (secondary N) is 1. The first-order valence-corrected chi connectivity index (χ1v) is 5.17. The summed E-state index contributed by atoms with van der Waals surface area (Å²) in [7, 11) is 3.47. The van der Waals surface area contributed by atoms with Crippen LogP contribution in [0, 0.1) is 5.92 Å². The van der Waals surface area contributed by atoms with Crippen LogP contribution in [-0.4, -0.2) is 49.1 Å². The molecule has 16 heavy (non-hydrogen) atoms. The third-order valence-corrected chi connectivity index (χ3v) is 2.17. The highest BCUT2D eigenvalue weighted by Crippen LogP contribution is 2.01. The minimum Gasteiger partial charge on any atom is -0.478 e. The van der Waals surface area contributed by atoms with Crippen molar-refractivity contribution >= 4 is 11.9 Å². The Balaban J connectivity index is 4.13. The zero-order valence-electron chi connectivity index (χ0n) is 10.3. The summed E-state index contributed by atoms with van der Waals surface area (Å²) in [6.45, 7) is 4.75. The van der Waals surface area contributed by atoms with Crippen LogP contribution in [0.25, 0.3) is 0 Å². The summed E-state index contributed by atoms with van der Waals surface area (Å²) in [6.07, 6.45) is 1.18. The van der Waals surface area contributed by atoms with Gasteiger partial charge in [0.2, 0.25) is 5.91 Å². The lowest BCUT2D eigenvalue weighted by Crippen LogP contribution is -2.35. The van der Waals surface area contributed by atoms with Crippen molar-refractivity contribution < 1.29 is 14.7 Å². The molecular weight excluding hydrogens is 208 g/mol. The molecule has 0 aliphatic rings. The van der Waals surface area contributed by atoms with Crippen LogP contribution in [0.4, 0.5) is 0 Å². The second kappa shape index (κ2) is 7.00. The highest BCUT2D eigenvalue weighted by Gasteiger charge is 2.13. The molecule has 0 fully saturated rings. The first-order valence-electron chi connectivity index (χ1n) is 5.17. The van der Waals surface area contributed by atoms with Crippen LogP contribution >= 0.6 is 0 Å². The van der Waals surface area contributed by atoms with E-state index in [9.17, 15) is 9.59 Å². The molecule has 1 amide bonds. The third kappa shape index (κ3) is 6.19. The number of carbonyl (C=O) groups is 2. The van der Waals surface area contributed by atoms with Crippen LogP contribution in [0.2, 0.25) is 0 Å². The van der Waals surface area contributed by atoms with Gasteiger partial charge in [0.05, 0.1) is 0 Å². The van der Waals surface area contributed by atoms with Gasteiger partial charge in [0.25, 0.3) is 0 Å². The van der Waals surface area contributed by atoms with E-state index in [1.807, 2.05) is 18.9 Å². The second-order valence-electron chi connectivity index (χ2n) is 4.04. The van der Waals surface area contributed by atoms with Crippen molar-refractivity contribution in [3.63, 3.8) is 0 Å². The normalized spacial score (nSPS) is 13.7. The first-order chi connectivity index (χ1) is 7.36. The van der Waals surface area contributed by atoms with Crippen LogP contribution in [0.15, 0.2) is 11.6 Å². The van der Waals surface area contributed by atoms with Gasteiger partial charge >= 0.3 is 5.97 Å². The minimum absolute atomic E-state index is 0.00767. The minimum atomic E-state index is -0.940. The number of amides is 1. The van der Waals surface area contributed by atoms with E-state index in [0.717, 1.165) is 5.57 Å². The number of rotatable bonds is 6. The number of nitrogens with zero attached hydrogens (tertiary/aromatic N) is 1. The largest absolute Gasteiger partial charge is 0.478 e. The molecule has 0 aromatic rings. The number of carboxylic acid groups (broad SMARTS) is 1. The van der Waals surface area contributed by atoms with Gasteiger partial charge < -0.3 is 15.3 Å². The zero-order chi connectivity index (χ0) is 12.7. The van der Waals surface area contributed by atoms with Gasteiger partial charge in [0.1, 0.15) is 0 Å². The molecule has 5 heteroatoms. The molecule has 0 aliphatic heterocycles. The van der Waals surface area contributed by atoms with E-state index in [1.165, 1.54) is 6.08 Å². The van der Waals surface area contributed by atoms with E-state index in [2.05, 4.69) is 5.32 Å². The van der Waals surface area contributed by atoms with Crippen LogP contribution in [0.5, 0.6) is 0 Å². The van der Waals surface area contributed by atoms with Gasteiger partial charge in [0.15, 0.2) is 0 Å². The molecule has 2 N–H and O–H groups in total. The lowest BCUT2D eigenvalue weighted by Gasteiger charge is -2.20. The number of aliphatic carboxylic acids is 1. The third-order valence-electron chi connectivity index (χ3n) is 2.17. The van der Waals surface area contributed by atoms with Gasteiger partial charge in [-0.3, -0.25) is 4.79 Å². The van der Waals surface area contributed by atoms with Crippen LogP contribution < -0.4 is 5.32 Å². The monoisotopic (exact) mass is 228 g/mol. The smallest absolute Gasteiger partial charge is 0.328 e. The highest BCUT2D eigenvalue weighted by molar-refractivity contribution is 5.80.